The van der Waals surface area contributed by atoms with Gasteiger partial charge in [0.25, 0.3) is 5.91 Å². The van der Waals surface area contributed by atoms with E-state index in [-0.39, 0.29) is 18.4 Å². The molecule has 0 atom stereocenters. The Balaban J connectivity index is 1.30. The number of hydrogen-bond donors (Lipinski definition) is 2. The Hall–Kier alpha value is -2.93. The van der Waals surface area contributed by atoms with Crippen molar-refractivity contribution < 1.29 is 14.3 Å². The van der Waals surface area contributed by atoms with Gasteiger partial charge in [-0.25, -0.2) is 4.98 Å². The summed E-state index contributed by atoms with van der Waals surface area (Å²) < 4.78 is 6.67. The molecule has 0 fully saturated rings. The number of aromatic nitrogens is 1. The fourth-order valence-electron chi connectivity index (χ4n) is 2.82. The Morgan fingerprint density at radius 1 is 1.23 bits per heavy atom. The highest BCUT2D eigenvalue weighted by Gasteiger charge is 2.15. The van der Waals surface area contributed by atoms with Gasteiger partial charge in [-0.15, -0.1) is 11.3 Å². The van der Waals surface area contributed by atoms with E-state index in [9.17, 15) is 9.59 Å². The summed E-state index contributed by atoms with van der Waals surface area (Å²) in [5.41, 5.74) is 2.78. The molecule has 6 nitrogen and oxygen atoms in total. The van der Waals surface area contributed by atoms with Gasteiger partial charge in [-0.3, -0.25) is 9.59 Å². The van der Waals surface area contributed by atoms with Crippen LogP contribution in [0.5, 0.6) is 5.75 Å². The molecule has 0 saturated carbocycles. The number of amides is 2. The summed E-state index contributed by atoms with van der Waals surface area (Å²) in [6.45, 7) is 0.327. The lowest BCUT2D eigenvalue weighted by molar-refractivity contribution is -0.123. The number of aryl methyl sites for hydroxylation is 1. The van der Waals surface area contributed by atoms with Crippen molar-refractivity contribution in [1.29, 1.82) is 0 Å². The highest BCUT2D eigenvalue weighted by Crippen LogP contribution is 2.26. The van der Waals surface area contributed by atoms with Crippen molar-refractivity contribution >= 4 is 39.1 Å². The smallest absolute Gasteiger partial charge is 0.258 e. The van der Waals surface area contributed by atoms with Crippen molar-refractivity contribution in [2.75, 3.05) is 11.9 Å². The van der Waals surface area contributed by atoms with Gasteiger partial charge >= 0.3 is 0 Å². The van der Waals surface area contributed by atoms with Crippen LogP contribution >= 0.6 is 11.3 Å². The quantitative estimate of drug-likeness (QED) is 0.727. The van der Waals surface area contributed by atoms with Crippen LogP contribution in [0.15, 0.2) is 42.5 Å². The van der Waals surface area contributed by atoms with Gasteiger partial charge in [-0.05, 0) is 42.3 Å². The lowest BCUT2D eigenvalue weighted by Gasteiger charge is -2.17. The molecule has 2 amide bonds. The highest BCUT2D eigenvalue weighted by molar-refractivity contribution is 7.18. The maximum absolute atomic E-state index is 12.0. The monoisotopic (exact) mass is 367 g/mol. The molecule has 1 aromatic heterocycles. The molecule has 132 valence electrons. The van der Waals surface area contributed by atoms with Crippen molar-refractivity contribution in [3.63, 3.8) is 0 Å². The van der Waals surface area contributed by atoms with Crippen LogP contribution in [-0.4, -0.2) is 23.4 Å². The summed E-state index contributed by atoms with van der Waals surface area (Å²) in [6, 6.07) is 13.3. The zero-order valence-electron chi connectivity index (χ0n) is 14.0. The largest absolute Gasteiger partial charge is 0.484 e. The third kappa shape index (κ3) is 3.67. The van der Waals surface area contributed by atoms with Crippen molar-refractivity contribution in [3.8, 4) is 5.75 Å². The molecule has 0 bridgehead atoms. The molecule has 0 radical (unpaired) electrons. The summed E-state index contributed by atoms with van der Waals surface area (Å²) in [5, 5.41) is 6.51. The van der Waals surface area contributed by atoms with Crippen molar-refractivity contribution in [2.45, 2.75) is 19.4 Å². The summed E-state index contributed by atoms with van der Waals surface area (Å²) >= 11 is 1.57. The van der Waals surface area contributed by atoms with Crippen LogP contribution in [0.1, 0.15) is 17.0 Å². The first-order valence-corrected chi connectivity index (χ1v) is 9.16. The molecule has 0 spiro atoms. The number of hydrogen-bond acceptors (Lipinski definition) is 5. The van der Waals surface area contributed by atoms with Gasteiger partial charge < -0.3 is 15.4 Å². The fourth-order valence-corrected chi connectivity index (χ4v) is 3.73. The van der Waals surface area contributed by atoms with Gasteiger partial charge in [0.15, 0.2) is 6.61 Å². The predicted octanol–water partition coefficient (Wildman–Crippen LogP) is 2.88. The molecule has 3 aromatic rings. The molecule has 26 heavy (non-hydrogen) atoms. The number of thiazole rings is 1. The molecule has 0 saturated heterocycles. The van der Waals surface area contributed by atoms with E-state index < -0.39 is 0 Å². The number of rotatable bonds is 5. The van der Waals surface area contributed by atoms with Gasteiger partial charge in [0.2, 0.25) is 5.91 Å². The van der Waals surface area contributed by atoms with Gasteiger partial charge in [0.05, 0.1) is 16.8 Å². The van der Waals surface area contributed by atoms with Crippen LogP contribution in [0.2, 0.25) is 0 Å². The SMILES string of the molecule is O=C(COc1ccc2c(c1)CCC(=O)N2)NCc1nc2ccccc2s1. The van der Waals surface area contributed by atoms with Gasteiger partial charge in [0, 0.05) is 12.1 Å². The number of ether oxygens (including phenoxy) is 1. The topological polar surface area (TPSA) is 80.3 Å². The van der Waals surface area contributed by atoms with E-state index in [2.05, 4.69) is 15.6 Å². The average molecular weight is 367 g/mol. The van der Waals surface area contributed by atoms with E-state index in [1.165, 1.54) is 0 Å². The van der Waals surface area contributed by atoms with E-state index in [1.54, 1.807) is 23.5 Å². The Morgan fingerprint density at radius 2 is 2.12 bits per heavy atom. The molecule has 4 rings (SSSR count). The van der Waals surface area contributed by atoms with E-state index in [0.717, 1.165) is 26.5 Å². The van der Waals surface area contributed by atoms with Crippen molar-refractivity contribution in [2.24, 2.45) is 0 Å². The molecule has 2 N–H and O–H groups in total. The van der Waals surface area contributed by atoms with Crippen LogP contribution < -0.4 is 15.4 Å². The summed E-state index contributed by atoms with van der Waals surface area (Å²) in [6.07, 6.45) is 1.15. The van der Waals surface area contributed by atoms with E-state index in [0.29, 0.717) is 25.1 Å². The number of benzene rings is 2. The number of carbonyl (C=O) groups excluding carboxylic acids is 2. The number of fused-ring (bicyclic) bond motifs is 2. The maximum Gasteiger partial charge on any atom is 0.258 e. The molecule has 1 aliphatic rings. The standard InChI is InChI=1S/C19H17N3O3S/c23-17-8-5-12-9-13(6-7-14(12)21-17)25-11-18(24)20-10-19-22-15-3-1-2-4-16(15)26-19/h1-4,6-7,9H,5,8,10-11H2,(H,20,24)(H,21,23). The Bertz CT molecular complexity index is 950. The second kappa shape index (κ2) is 7.13. The number of nitrogens with zero attached hydrogens (tertiary/aromatic N) is 1. The molecule has 2 aromatic carbocycles. The van der Waals surface area contributed by atoms with Crippen LogP contribution in [0, 0.1) is 0 Å². The normalized spacial score (nSPS) is 13.2. The molecule has 0 unspecified atom stereocenters. The third-order valence-electron chi connectivity index (χ3n) is 4.12. The van der Waals surface area contributed by atoms with Crippen LogP contribution in [-0.2, 0) is 22.6 Å². The zero-order chi connectivity index (χ0) is 17.9. The number of anilines is 1. The van der Waals surface area contributed by atoms with Gasteiger partial charge in [-0.1, -0.05) is 12.1 Å². The number of para-hydroxylation sites is 1. The lowest BCUT2D eigenvalue weighted by atomic mass is 10.0. The lowest BCUT2D eigenvalue weighted by Crippen LogP contribution is -2.28. The van der Waals surface area contributed by atoms with Gasteiger partial charge in [0.1, 0.15) is 10.8 Å². The molecular weight excluding hydrogens is 350 g/mol. The first-order valence-electron chi connectivity index (χ1n) is 8.34. The number of carbonyl (C=O) groups is 2. The summed E-state index contributed by atoms with van der Waals surface area (Å²) in [4.78, 5) is 27.9. The molecular formula is C19H17N3O3S. The van der Waals surface area contributed by atoms with Crippen LogP contribution in [0.25, 0.3) is 10.2 Å². The van der Waals surface area contributed by atoms with E-state index >= 15 is 0 Å². The molecule has 7 heteroatoms. The predicted molar refractivity (Wildman–Crippen MR) is 100 cm³/mol. The molecule has 0 aliphatic carbocycles. The van der Waals surface area contributed by atoms with E-state index in [4.69, 9.17) is 4.74 Å². The second-order valence-corrected chi connectivity index (χ2v) is 7.12. The Morgan fingerprint density at radius 3 is 3.00 bits per heavy atom. The maximum atomic E-state index is 12.0. The van der Waals surface area contributed by atoms with Crippen LogP contribution in [0.4, 0.5) is 5.69 Å². The first-order chi connectivity index (χ1) is 12.7. The first kappa shape index (κ1) is 16.5. The minimum atomic E-state index is -0.199. The second-order valence-electron chi connectivity index (χ2n) is 6.01. The summed E-state index contributed by atoms with van der Waals surface area (Å²) in [7, 11) is 0. The fraction of sp³-hybridized carbons (Fsp3) is 0.211. The Kier molecular flexibility index (Phi) is 4.53. The van der Waals surface area contributed by atoms with Crippen molar-refractivity contribution in [1.82, 2.24) is 10.3 Å². The minimum Gasteiger partial charge on any atom is -0.484 e. The van der Waals surface area contributed by atoms with Crippen LogP contribution in [0.3, 0.4) is 0 Å². The number of nitrogens with one attached hydrogen (secondary N) is 2. The third-order valence-corrected chi connectivity index (χ3v) is 5.15. The zero-order valence-corrected chi connectivity index (χ0v) is 14.8. The minimum absolute atomic E-state index is 0.0281. The molecule has 2 heterocycles. The average Bonchev–Trinajstić information content (AvgIpc) is 3.07. The summed E-state index contributed by atoms with van der Waals surface area (Å²) in [5.74, 6) is 0.450. The molecule has 1 aliphatic heterocycles. The highest BCUT2D eigenvalue weighted by atomic mass is 32.1. The Labute approximate surface area is 154 Å². The van der Waals surface area contributed by atoms with E-state index in [1.807, 2.05) is 30.3 Å². The van der Waals surface area contributed by atoms with Gasteiger partial charge in [-0.2, -0.15) is 0 Å². The van der Waals surface area contributed by atoms with Crippen molar-refractivity contribution in [3.05, 3.63) is 53.0 Å².